The number of para-hydroxylation sites is 1. The van der Waals surface area contributed by atoms with Crippen LogP contribution < -0.4 is 10.1 Å². The highest BCUT2D eigenvalue weighted by molar-refractivity contribution is 5.45. The molecule has 1 unspecified atom stereocenters. The van der Waals surface area contributed by atoms with E-state index in [9.17, 15) is 0 Å². The third-order valence-electron chi connectivity index (χ3n) is 3.88. The molecule has 1 heterocycles. The van der Waals surface area contributed by atoms with E-state index in [0.29, 0.717) is 6.04 Å². The Balaban J connectivity index is 2.05. The third-order valence-corrected chi connectivity index (χ3v) is 3.88. The minimum absolute atomic E-state index is 0.0496. The number of benzene rings is 1. The summed E-state index contributed by atoms with van der Waals surface area (Å²) in [6, 6.07) is 7.15. The zero-order valence-electron chi connectivity index (χ0n) is 12.8. The number of ether oxygens (including phenoxy) is 1. The summed E-state index contributed by atoms with van der Waals surface area (Å²) in [4.78, 5) is 0. The molecule has 0 radical (unpaired) electrons. The predicted molar refractivity (Wildman–Crippen MR) is 80.7 cm³/mol. The van der Waals surface area contributed by atoms with Crippen LogP contribution in [-0.4, -0.2) is 11.6 Å². The lowest BCUT2D eigenvalue weighted by molar-refractivity contribution is 0.137. The van der Waals surface area contributed by atoms with E-state index in [2.05, 4.69) is 51.2 Å². The van der Waals surface area contributed by atoms with Gasteiger partial charge in [0.25, 0.3) is 0 Å². The highest BCUT2D eigenvalue weighted by atomic mass is 16.5. The van der Waals surface area contributed by atoms with Crippen molar-refractivity contribution in [2.24, 2.45) is 0 Å². The summed E-state index contributed by atoms with van der Waals surface area (Å²) in [7, 11) is 0. The molecule has 1 aromatic carbocycles. The smallest absolute Gasteiger partial charge is 0.127 e. The Morgan fingerprint density at radius 2 is 2.11 bits per heavy atom. The van der Waals surface area contributed by atoms with E-state index in [0.717, 1.165) is 18.7 Å². The molecule has 1 aromatic rings. The van der Waals surface area contributed by atoms with Gasteiger partial charge in [-0.25, -0.2) is 0 Å². The average molecular weight is 261 g/mol. The Hall–Kier alpha value is -1.02. The van der Waals surface area contributed by atoms with Gasteiger partial charge < -0.3 is 10.1 Å². The lowest BCUT2D eigenvalue weighted by atomic mass is 10.0. The fourth-order valence-corrected chi connectivity index (χ4v) is 2.87. The van der Waals surface area contributed by atoms with E-state index in [1.54, 1.807) is 0 Å². The fourth-order valence-electron chi connectivity index (χ4n) is 2.87. The lowest BCUT2D eigenvalue weighted by Crippen LogP contribution is -2.28. The van der Waals surface area contributed by atoms with E-state index < -0.39 is 0 Å². The maximum atomic E-state index is 6.11. The van der Waals surface area contributed by atoms with Gasteiger partial charge in [-0.1, -0.05) is 38.5 Å². The van der Waals surface area contributed by atoms with Crippen LogP contribution in [0.3, 0.4) is 0 Å². The second-order valence-electron chi connectivity index (χ2n) is 6.22. The Kier molecular flexibility index (Phi) is 4.51. The molecule has 106 valence electrons. The summed E-state index contributed by atoms with van der Waals surface area (Å²) in [5.74, 6) is 1.12. The van der Waals surface area contributed by atoms with Crippen molar-refractivity contribution in [3.05, 3.63) is 29.3 Å². The molecule has 0 amide bonds. The van der Waals surface area contributed by atoms with Crippen LogP contribution in [0.5, 0.6) is 5.75 Å². The first-order chi connectivity index (χ1) is 9.05. The van der Waals surface area contributed by atoms with Gasteiger partial charge in [-0.05, 0) is 32.3 Å². The summed E-state index contributed by atoms with van der Waals surface area (Å²) in [5.41, 5.74) is 2.61. The third kappa shape index (κ3) is 3.50. The highest BCUT2D eigenvalue weighted by Crippen LogP contribution is 2.37. The molecule has 2 rings (SSSR count). The second-order valence-corrected chi connectivity index (χ2v) is 6.22. The van der Waals surface area contributed by atoms with Crippen LogP contribution in [0.2, 0.25) is 0 Å². The van der Waals surface area contributed by atoms with Gasteiger partial charge in [-0.15, -0.1) is 0 Å². The van der Waals surface area contributed by atoms with Crippen molar-refractivity contribution in [1.82, 2.24) is 5.32 Å². The van der Waals surface area contributed by atoms with Crippen LogP contribution in [0.25, 0.3) is 0 Å². The molecule has 0 saturated heterocycles. The Morgan fingerprint density at radius 3 is 2.79 bits per heavy atom. The van der Waals surface area contributed by atoms with E-state index in [-0.39, 0.29) is 5.60 Å². The SMILES string of the molecule is CCCC(CC)NCc1cccc2c1OC(C)(C)C2. The summed E-state index contributed by atoms with van der Waals surface area (Å²) in [6.45, 7) is 9.74. The van der Waals surface area contributed by atoms with Crippen molar-refractivity contribution < 1.29 is 4.74 Å². The molecule has 2 nitrogen and oxygen atoms in total. The molecule has 1 aliphatic heterocycles. The Morgan fingerprint density at radius 1 is 1.32 bits per heavy atom. The minimum Gasteiger partial charge on any atom is -0.487 e. The van der Waals surface area contributed by atoms with E-state index in [4.69, 9.17) is 4.74 Å². The summed E-state index contributed by atoms with van der Waals surface area (Å²) in [5, 5.41) is 3.66. The van der Waals surface area contributed by atoms with E-state index >= 15 is 0 Å². The quantitative estimate of drug-likeness (QED) is 0.833. The molecule has 0 fully saturated rings. The van der Waals surface area contributed by atoms with Crippen LogP contribution >= 0.6 is 0 Å². The van der Waals surface area contributed by atoms with Gasteiger partial charge in [0.1, 0.15) is 11.4 Å². The molecule has 2 heteroatoms. The minimum atomic E-state index is -0.0496. The molecule has 0 saturated carbocycles. The van der Waals surface area contributed by atoms with Crippen molar-refractivity contribution in [3.8, 4) is 5.75 Å². The molecule has 0 aliphatic carbocycles. The number of nitrogens with one attached hydrogen (secondary N) is 1. The number of fused-ring (bicyclic) bond motifs is 1. The van der Waals surface area contributed by atoms with Crippen LogP contribution in [-0.2, 0) is 13.0 Å². The molecule has 0 aromatic heterocycles. The van der Waals surface area contributed by atoms with Gasteiger partial charge in [0, 0.05) is 24.6 Å². The van der Waals surface area contributed by atoms with Crippen molar-refractivity contribution in [2.45, 2.75) is 71.6 Å². The van der Waals surface area contributed by atoms with Crippen molar-refractivity contribution in [2.75, 3.05) is 0 Å². The van der Waals surface area contributed by atoms with E-state index in [1.807, 2.05) is 0 Å². The first kappa shape index (κ1) is 14.4. The van der Waals surface area contributed by atoms with Crippen molar-refractivity contribution >= 4 is 0 Å². The highest BCUT2D eigenvalue weighted by Gasteiger charge is 2.31. The number of rotatable bonds is 6. The van der Waals surface area contributed by atoms with Gasteiger partial charge in [0.15, 0.2) is 0 Å². The zero-order valence-corrected chi connectivity index (χ0v) is 12.8. The number of hydrogen-bond acceptors (Lipinski definition) is 2. The van der Waals surface area contributed by atoms with Gasteiger partial charge in [-0.2, -0.15) is 0 Å². The average Bonchev–Trinajstić information content (AvgIpc) is 2.68. The van der Waals surface area contributed by atoms with Gasteiger partial charge in [0.05, 0.1) is 0 Å². The van der Waals surface area contributed by atoms with Crippen molar-refractivity contribution in [1.29, 1.82) is 0 Å². The normalized spacial score (nSPS) is 17.9. The van der Waals surface area contributed by atoms with Crippen LogP contribution in [0, 0.1) is 0 Å². The first-order valence-electron chi connectivity index (χ1n) is 7.59. The maximum absolute atomic E-state index is 6.11. The molecule has 0 spiro atoms. The van der Waals surface area contributed by atoms with Crippen LogP contribution in [0.4, 0.5) is 0 Å². The van der Waals surface area contributed by atoms with Gasteiger partial charge >= 0.3 is 0 Å². The van der Waals surface area contributed by atoms with Gasteiger partial charge in [-0.3, -0.25) is 0 Å². The molecule has 19 heavy (non-hydrogen) atoms. The summed E-state index contributed by atoms with van der Waals surface area (Å²) in [6.07, 6.45) is 4.69. The molecular weight excluding hydrogens is 234 g/mol. The Labute approximate surface area is 117 Å². The molecule has 1 N–H and O–H groups in total. The molecule has 1 atom stereocenters. The maximum Gasteiger partial charge on any atom is 0.127 e. The van der Waals surface area contributed by atoms with Crippen LogP contribution in [0.15, 0.2) is 18.2 Å². The topological polar surface area (TPSA) is 21.3 Å². The first-order valence-corrected chi connectivity index (χ1v) is 7.59. The monoisotopic (exact) mass is 261 g/mol. The lowest BCUT2D eigenvalue weighted by Gasteiger charge is -2.20. The Bertz CT molecular complexity index is 425. The zero-order chi connectivity index (χ0) is 13.9. The standard InChI is InChI=1S/C17H27NO/c1-5-8-15(6-2)18-12-14-10-7-9-13-11-17(3,4)19-16(13)14/h7,9-10,15,18H,5-6,8,11-12H2,1-4H3. The number of hydrogen-bond donors (Lipinski definition) is 1. The van der Waals surface area contributed by atoms with E-state index in [1.165, 1.54) is 30.4 Å². The van der Waals surface area contributed by atoms with Gasteiger partial charge in [0.2, 0.25) is 0 Å². The van der Waals surface area contributed by atoms with Crippen LogP contribution in [0.1, 0.15) is 58.1 Å². The molecule has 1 aliphatic rings. The predicted octanol–water partition coefficient (Wildman–Crippen LogP) is 4.07. The molecule has 0 bridgehead atoms. The molecular formula is C17H27NO. The fraction of sp³-hybridized carbons (Fsp3) is 0.647. The van der Waals surface area contributed by atoms with Crippen molar-refractivity contribution in [3.63, 3.8) is 0 Å². The summed E-state index contributed by atoms with van der Waals surface area (Å²) < 4.78 is 6.11. The second kappa shape index (κ2) is 5.96. The largest absolute Gasteiger partial charge is 0.487 e. The summed E-state index contributed by atoms with van der Waals surface area (Å²) >= 11 is 0.